The number of carbonyl (C=O) groups is 1. The van der Waals surface area contributed by atoms with Crippen LogP contribution in [0.15, 0.2) is 46.9 Å². The monoisotopic (exact) mass is 367 g/mol. The summed E-state index contributed by atoms with van der Waals surface area (Å²) in [6, 6.07) is 12.9. The summed E-state index contributed by atoms with van der Waals surface area (Å²) in [5.74, 6) is 0. The zero-order valence-electron chi connectivity index (χ0n) is 11.4. The van der Waals surface area contributed by atoms with Crippen LogP contribution in [-0.2, 0) is 6.54 Å². The second kappa shape index (κ2) is 7.33. The molecule has 21 heavy (non-hydrogen) atoms. The highest BCUT2D eigenvalue weighted by Crippen LogP contribution is 2.22. The van der Waals surface area contributed by atoms with Crippen LogP contribution in [0.3, 0.4) is 0 Å². The van der Waals surface area contributed by atoms with Crippen molar-refractivity contribution in [3.63, 3.8) is 0 Å². The average molecular weight is 369 g/mol. The van der Waals surface area contributed by atoms with E-state index in [1.54, 1.807) is 7.05 Å². The lowest BCUT2D eigenvalue weighted by molar-refractivity contribution is 0.254. The molecular formula is C15H15BrClN3O. The third kappa shape index (κ3) is 4.65. The number of hydrogen-bond donors (Lipinski definition) is 3. The molecule has 0 atom stereocenters. The standard InChI is InChI=1S/C15H15BrClN3O/c1-18-15(21)20-13-5-3-12(4-6-13)19-9-10-8-11(17)2-7-14(10)16/h2-8,19H,9H2,1H3,(H2,18,20,21). The lowest BCUT2D eigenvalue weighted by Crippen LogP contribution is -2.24. The number of urea groups is 1. The molecule has 2 amide bonds. The molecule has 0 bridgehead atoms. The van der Waals surface area contributed by atoms with Gasteiger partial charge in [0, 0.05) is 34.5 Å². The van der Waals surface area contributed by atoms with E-state index in [0.29, 0.717) is 11.6 Å². The minimum absolute atomic E-state index is 0.237. The molecule has 0 saturated carbocycles. The predicted molar refractivity (Wildman–Crippen MR) is 91.0 cm³/mol. The third-order valence-electron chi connectivity index (χ3n) is 2.86. The number of halogens is 2. The second-order valence-corrected chi connectivity index (χ2v) is 5.66. The first kappa shape index (κ1) is 15.7. The maximum Gasteiger partial charge on any atom is 0.318 e. The molecule has 2 aromatic carbocycles. The van der Waals surface area contributed by atoms with Gasteiger partial charge in [0.1, 0.15) is 0 Å². The van der Waals surface area contributed by atoms with Crippen molar-refractivity contribution in [3.8, 4) is 0 Å². The van der Waals surface area contributed by atoms with Crippen molar-refractivity contribution in [1.29, 1.82) is 0 Å². The van der Waals surface area contributed by atoms with Gasteiger partial charge in [0.05, 0.1) is 0 Å². The van der Waals surface area contributed by atoms with Gasteiger partial charge in [-0.25, -0.2) is 4.79 Å². The van der Waals surface area contributed by atoms with Gasteiger partial charge in [0.15, 0.2) is 0 Å². The van der Waals surface area contributed by atoms with Crippen molar-refractivity contribution in [2.45, 2.75) is 6.54 Å². The largest absolute Gasteiger partial charge is 0.381 e. The number of anilines is 2. The quantitative estimate of drug-likeness (QED) is 0.746. The Morgan fingerprint density at radius 2 is 1.81 bits per heavy atom. The number of nitrogens with one attached hydrogen (secondary N) is 3. The Kier molecular flexibility index (Phi) is 5.47. The van der Waals surface area contributed by atoms with Gasteiger partial charge in [0.2, 0.25) is 0 Å². The van der Waals surface area contributed by atoms with E-state index in [0.717, 1.165) is 21.4 Å². The Morgan fingerprint density at radius 3 is 2.48 bits per heavy atom. The van der Waals surface area contributed by atoms with Crippen LogP contribution in [0.2, 0.25) is 5.02 Å². The Labute approximate surface area is 137 Å². The highest BCUT2D eigenvalue weighted by atomic mass is 79.9. The number of amides is 2. The summed E-state index contributed by atoms with van der Waals surface area (Å²) in [5, 5.41) is 9.22. The van der Waals surface area contributed by atoms with Crippen molar-refractivity contribution in [2.75, 3.05) is 17.7 Å². The highest BCUT2D eigenvalue weighted by Gasteiger charge is 2.02. The van der Waals surface area contributed by atoms with E-state index >= 15 is 0 Å². The first-order chi connectivity index (χ1) is 10.1. The Balaban J connectivity index is 1.97. The topological polar surface area (TPSA) is 53.2 Å². The van der Waals surface area contributed by atoms with Gasteiger partial charge in [-0.2, -0.15) is 0 Å². The van der Waals surface area contributed by atoms with Crippen LogP contribution >= 0.6 is 27.5 Å². The molecule has 6 heteroatoms. The second-order valence-electron chi connectivity index (χ2n) is 4.37. The van der Waals surface area contributed by atoms with E-state index in [4.69, 9.17) is 11.6 Å². The minimum Gasteiger partial charge on any atom is -0.381 e. The molecule has 0 saturated heterocycles. The van der Waals surface area contributed by atoms with Crippen LogP contribution in [-0.4, -0.2) is 13.1 Å². The predicted octanol–water partition coefficient (Wildman–Crippen LogP) is 4.47. The molecule has 4 nitrogen and oxygen atoms in total. The fraction of sp³-hybridized carbons (Fsp3) is 0.133. The van der Waals surface area contributed by atoms with E-state index < -0.39 is 0 Å². The van der Waals surface area contributed by atoms with Gasteiger partial charge in [-0.05, 0) is 48.0 Å². The zero-order valence-corrected chi connectivity index (χ0v) is 13.8. The zero-order chi connectivity index (χ0) is 15.2. The van der Waals surface area contributed by atoms with Gasteiger partial charge in [-0.15, -0.1) is 0 Å². The number of hydrogen-bond acceptors (Lipinski definition) is 2. The molecule has 2 aromatic rings. The molecule has 0 aliphatic heterocycles. The van der Waals surface area contributed by atoms with Gasteiger partial charge < -0.3 is 16.0 Å². The minimum atomic E-state index is -0.237. The molecule has 0 fully saturated rings. The molecule has 0 unspecified atom stereocenters. The fourth-order valence-electron chi connectivity index (χ4n) is 1.74. The number of benzene rings is 2. The van der Waals surface area contributed by atoms with E-state index in [-0.39, 0.29) is 6.03 Å². The SMILES string of the molecule is CNC(=O)Nc1ccc(NCc2cc(Cl)ccc2Br)cc1. The Hall–Kier alpha value is -1.72. The summed E-state index contributed by atoms with van der Waals surface area (Å²) < 4.78 is 1.01. The van der Waals surface area contributed by atoms with Crippen LogP contribution in [0.4, 0.5) is 16.2 Å². The summed E-state index contributed by atoms with van der Waals surface area (Å²) >= 11 is 9.48. The Morgan fingerprint density at radius 1 is 1.14 bits per heavy atom. The smallest absolute Gasteiger partial charge is 0.318 e. The molecule has 0 radical (unpaired) electrons. The average Bonchev–Trinajstić information content (AvgIpc) is 2.49. The molecule has 3 N–H and O–H groups in total. The van der Waals surface area contributed by atoms with E-state index in [1.165, 1.54) is 0 Å². The van der Waals surface area contributed by atoms with Crippen LogP contribution in [0.1, 0.15) is 5.56 Å². The summed E-state index contributed by atoms with van der Waals surface area (Å²) in [5.41, 5.74) is 2.78. The van der Waals surface area contributed by atoms with Gasteiger partial charge >= 0.3 is 6.03 Å². The maximum absolute atomic E-state index is 11.2. The third-order valence-corrected chi connectivity index (χ3v) is 3.87. The molecular weight excluding hydrogens is 354 g/mol. The van der Waals surface area contributed by atoms with Crippen LogP contribution in [0.5, 0.6) is 0 Å². The summed E-state index contributed by atoms with van der Waals surface area (Å²) in [7, 11) is 1.58. The van der Waals surface area contributed by atoms with E-state index in [9.17, 15) is 4.79 Å². The van der Waals surface area contributed by atoms with Crippen LogP contribution < -0.4 is 16.0 Å². The number of carbonyl (C=O) groups excluding carboxylic acids is 1. The molecule has 0 aromatic heterocycles. The summed E-state index contributed by atoms with van der Waals surface area (Å²) in [6.07, 6.45) is 0. The van der Waals surface area contributed by atoms with Crippen molar-refractivity contribution < 1.29 is 4.79 Å². The van der Waals surface area contributed by atoms with Crippen molar-refractivity contribution >= 4 is 44.9 Å². The first-order valence-corrected chi connectivity index (χ1v) is 7.52. The molecule has 110 valence electrons. The normalized spacial score (nSPS) is 10.0. The lowest BCUT2D eigenvalue weighted by atomic mass is 10.2. The van der Waals surface area contributed by atoms with Crippen LogP contribution in [0.25, 0.3) is 0 Å². The van der Waals surface area contributed by atoms with Crippen molar-refractivity contribution in [2.24, 2.45) is 0 Å². The van der Waals surface area contributed by atoms with Gasteiger partial charge in [-0.3, -0.25) is 0 Å². The van der Waals surface area contributed by atoms with Crippen molar-refractivity contribution in [1.82, 2.24) is 5.32 Å². The van der Waals surface area contributed by atoms with E-state index in [2.05, 4.69) is 31.9 Å². The summed E-state index contributed by atoms with van der Waals surface area (Å²) in [6.45, 7) is 0.656. The first-order valence-electron chi connectivity index (χ1n) is 6.35. The Bertz CT molecular complexity index is 631. The van der Waals surface area contributed by atoms with Gasteiger partial charge in [-0.1, -0.05) is 27.5 Å². The number of rotatable bonds is 4. The van der Waals surface area contributed by atoms with E-state index in [1.807, 2.05) is 42.5 Å². The molecule has 0 aliphatic carbocycles. The lowest BCUT2D eigenvalue weighted by Gasteiger charge is -2.10. The maximum atomic E-state index is 11.2. The van der Waals surface area contributed by atoms with Gasteiger partial charge in [0.25, 0.3) is 0 Å². The highest BCUT2D eigenvalue weighted by molar-refractivity contribution is 9.10. The molecule has 0 heterocycles. The fourth-order valence-corrected chi connectivity index (χ4v) is 2.32. The molecule has 0 aliphatic rings. The van der Waals surface area contributed by atoms with Crippen LogP contribution in [0, 0.1) is 0 Å². The molecule has 0 spiro atoms. The molecule has 2 rings (SSSR count). The van der Waals surface area contributed by atoms with Crippen molar-refractivity contribution in [3.05, 3.63) is 57.5 Å². The summed E-state index contributed by atoms with van der Waals surface area (Å²) in [4.78, 5) is 11.2.